The molecule has 1 saturated heterocycles. The number of nitrogens with one attached hydrogen (secondary N) is 1. The minimum atomic E-state index is 0.00640. The summed E-state index contributed by atoms with van der Waals surface area (Å²) in [6, 6.07) is 15.5. The van der Waals surface area contributed by atoms with E-state index in [9.17, 15) is 9.59 Å². The molecule has 0 saturated carbocycles. The second-order valence-electron chi connectivity index (χ2n) is 7.05. The normalized spacial score (nSPS) is 14.8. The van der Waals surface area contributed by atoms with E-state index >= 15 is 0 Å². The second-order valence-corrected chi connectivity index (χ2v) is 7.05. The Balaban J connectivity index is 1.42. The van der Waals surface area contributed by atoms with E-state index in [2.05, 4.69) is 46.3 Å². The Bertz CT molecular complexity index is 793. The van der Waals surface area contributed by atoms with Gasteiger partial charge < -0.3 is 10.2 Å². The van der Waals surface area contributed by atoms with Crippen molar-refractivity contribution in [1.82, 2.24) is 4.90 Å². The first-order valence-corrected chi connectivity index (χ1v) is 9.47. The number of rotatable bonds is 6. The molecule has 1 aliphatic heterocycles. The molecule has 27 heavy (non-hydrogen) atoms. The highest BCUT2D eigenvalue weighted by atomic mass is 16.1. The first kappa shape index (κ1) is 19.1. The molecular weight excluding hydrogens is 338 g/mol. The molecule has 0 radical (unpaired) electrons. The molecule has 1 fully saturated rings. The van der Waals surface area contributed by atoms with Crippen molar-refractivity contribution in [3.05, 3.63) is 59.7 Å². The number of hydrogen-bond donors (Lipinski definition) is 1. The minimum Gasteiger partial charge on any atom is -0.369 e. The maximum absolute atomic E-state index is 12.2. The van der Waals surface area contributed by atoms with Crippen LogP contribution in [0.2, 0.25) is 0 Å². The maximum Gasteiger partial charge on any atom is 0.225 e. The van der Waals surface area contributed by atoms with Gasteiger partial charge in [0.15, 0.2) is 5.78 Å². The Kier molecular flexibility index (Phi) is 6.24. The summed E-state index contributed by atoms with van der Waals surface area (Å²) in [6.45, 7) is 8.35. The highest BCUT2D eigenvalue weighted by Crippen LogP contribution is 2.20. The number of aryl methyl sites for hydroxylation is 1. The fourth-order valence-electron chi connectivity index (χ4n) is 3.40. The molecule has 0 aliphatic carbocycles. The lowest BCUT2D eigenvalue weighted by atomic mass is 10.1. The number of benzene rings is 2. The van der Waals surface area contributed by atoms with Gasteiger partial charge in [0.05, 0.1) is 0 Å². The molecule has 5 heteroatoms. The Morgan fingerprint density at radius 2 is 1.63 bits per heavy atom. The number of ketones is 1. The van der Waals surface area contributed by atoms with Crippen LogP contribution in [0.15, 0.2) is 48.5 Å². The molecule has 2 aromatic carbocycles. The first-order chi connectivity index (χ1) is 13.0. The molecule has 5 nitrogen and oxygen atoms in total. The number of hydrogen-bond acceptors (Lipinski definition) is 4. The minimum absolute atomic E-state index is 0.00640. The molecule has 142 valence electrons. The van der Waals surface area contributed by atoms with E-state index in [1.54, 1.807) is 24.3 Å². The Morgan fingerprint density at radius 1 is 0.963 bits per heavy atom. The van der Waals surface area contributed by atoms with Crippen molar-refractivity contribution in [2.24, 2.45) is 0 Å². The van der Waals surface area contributed by atoms with Crippen LogP contribution in [0.25, 0.3) is 0 Å². The van der Waals surface area contributed by atoms with Crippen LogP contribution in [0.3, 0.4) is 0 Å². The van der Waals surface area contributed by atoms with Crippen molar-refractivity contribution in [2.75, 3.05) is 42.9 Å². The van der Waals surface area contributed by atoms with Crippen LogP contribution in [0.1, 0.15) is 29.3 Å². The van der Waals surface area contributed by atoms with Gasteiger partial charge in [-0.05, 0) is 49.7 Å². The quantitative estimate of drug-likeness (QED) is 0.798. The number of nitrogens with zero attached hydrogens (tertiary/aromatic N) is 2. The largest absolute Gasteiger partial charge is 0.369 e. The molecule has 3 rings (SSSR count). The number of para-hydroxylation sites is 1. The van der Waals surface area contributed by atoms with E-state index < -0.39 is 0 Å². The number of anilines is 2. The summed E-state index contributed by atoms with van der Waals surface area (Å²) < 4.78 is 0. The standard InChI is InChI=1S/C22H27N3O2/c1-17-5-3-4-6-21(17)25-15-13-24(14-16-25)12-11-22(27)23-20-9-7-19(8-10-20)18(2)26/h3-10H,11-16H2,1-2H3,(H,23,27). The first-order valence-electron chi connectivity index (χ1n) is 9.47. The second kappa shape index (κ2) is 8.82. The molecule has 0 bridgehead atoms. The zero-order chi connectivity index (χ0) is 19.2. The number of piperazine rings is 1. The van der Waals surface area contributed by atoms with Crippen LogP contribution < -0.4 is 10.2 Å². The molecule has 2 aromatic rings. The lowest BCUT2D eigenvalue weighted by molar-refractivity contribution is -0.116. The number of carbonyl (C=O) groups is 2. The smallest absolute Gasteiger partial charge is 0.225 e. The number of carbonyl (C=O) groups excluding carboxylic acids is 2. The van der Waals surface area contributed by atoms with Gasteiger partial charge >= 0.3 is 0 Å². The predicted molar refractivity (Wildman–Crippen MR) is 110 cm³/mol. The summed E-state index contributed by atoms with van der Waals surface area (Å²) in [4.78, 5) is 28.2. The summed E-state index contributed by atoms with van der Waals surface area (Å²) >= 11 is 0. The molecule has 0 aromatic heterocycles. The van der Waals surface area contributed by atoms with E-state index in [1.165, 1.54) is 18.2 Å². The van der Waals surface area contributed by atoms with Gasteiger partial charge in [-0.2, -0.15) is 0 Å². The lowest BCUT2D eigenvalue weighted by Crippen LogP contribution is -2.47. The zero-order valence-electron chi connectivity index (χ0n) is 16.1. The van der Waals surface area contributed by atoms with Crippen LogP contribution in [0.4, 0.5) is 11.4 Å². The van der Waals surface area contributed by atoms with Crippen molar-refractivity contribution < 1.29 is 9.59 Å². The third kappa shape index (κ3) is 5.17. The Hall–Kier alpha value is -2.66. The zero-order valence-corrected chi connectivity index (χ0v) is 16.1. The third-order valence-corrected chi connectivity index (χ3v) is 5.06. The molecule has 1 heterocycles. The number of Topliss-reactive ketones (excluding diaryl/α,β-unsaturated/α-hetero) is 1. The Labute approximate surface area is 161 Å². The highest BCUT2D eigenvalue weighted by molar-refractivity contribution is 5.95. The molecular formula is C22H27N3O2. The van der Waals surface area contributed by atoms with Gasteiger partial charge in [0.25, 0.3) is 0 Å². The summed E-state index contributed by atoms with van der Waals surface area (Å²) in [5.41, 5.74) is 4.00. The Morgan fingerprint density at radius 3 is 2.26 bits per heavy atom. The van der Waals surface area contributed by atoms with Gasteiger partial charge in [-0.25, -0.2) is 0 Å². The van der Waals surface area contributed by atoms with Crippen molar-refractivity contribution in [3.8, 4) is 0 Å². The van der Waals surface area contributed by atoms with E-state index in [0.717, 1.165) is 38.4 Å². The molecule has 0 atom stereocenters. The third-order valence-electron chi connectivity index (χ3n) is 5.06. The fraction of sp³-hybridized carbons (Fsp3) is 0.364. The van der Waals surface area contributed by atoms with Gasteiger partial charge in [-0.15, -0.1) is 0 Å². The predicted octanol–water partition coefficient (Wildman–Crippen LogP) is 3.35. The van der Waals surface area contributed by atoms with Crippen LogP contribution in [0.5, 0.6) is 0 Å². The van der Waals surface area contributed by atoms with E-state index in [4.69, 9.17) is 0 Å². The van der Waals surface area contributed by atoms with Gasteiger partial charge in [0, 0.05) is 56.1 Å². The monoisotopic (exact) mass is 365 g/mol. The average molecular weight is 365 g/mol. The van der Waals surface area contributed by atoms with Crippen molar-refractivity contribution >= 4 is 23.1 Å². The van der Waals surface area contributed by atoms with Gasteiger partial charge in [0.1, 0.15) is 0 Å². The van der Waals surface area contributed by atoms with Crippen LogP contribution in [0, 0.1) is 6.92 Å². The van der Waals surface area contributed by atoms with Crippen molar-refractivity contribution in [3.63, 3.8) is 0 Å². The van der Waals surface area contributed by atoms with Gasteiger partial charge in [0.2, 0.25) is 5.91 Å². The maximum atomic E-state index is 12.2. The van der Waals surface area contributed by atoms with Crippen molar-refractivity contribution in [2.45, 2.75) is 20.3 Å². The van der Waals surface area contributed by atoms with Gasteiger partial charge in [-0.1, -0.05) is 18.2 Å². The summed E-state index contributed by atoms with van der Waals surface area (Å²) in [5, 5.41) is 2.90. The molecule has 1 aliphatic rings. The molecule has 0 spiro atoms. The van der Waals surface area contributed by atoms with Crippen LogP contribution in [-0.2, 0) is 4.79 Å². The van der Waals surface area contributed by atoms with E-state index in [0.29, 0.717) is 12.0 Å². The highest BCUT2D eigenvalue weighted by Gasteiger charge is 2.18. The van der Waals surface area contributed by atoms with Crippen LogP contribution >= 0.6 is 0 Å². The van der Waals surface area contributed by atoms with Crippen molar-refractivity contribution in [1.29, 1.82) is 0 Å². The molecule has 0 unspecified atom stereocenters. The summed E-state index contributed by atoms with van der Waals surface area (Å²) in [7, 11) is 0. The average Bonchev–Trinajstić information content (AvgIpc) is 2.68. The van der Waals surface area contributed by atoms with Gasteiger partial charge in [-0.3, -0.25) is 14.5 Å². The molecule has 1 N–H and O–H groups in total. The van der Waals surface area contributed by atoms with E-state index in [-0.39, 0.29) is 11.7 Å². The molecule has 1 amide bonds. The number of amides is 1. The fourth-order valence-corrected chi connectivity index (χ4v) is 3.40. The summed E-state index contributed by atoms with van der Waals surface area (Å²) in [6.07, 6.45) is 0.471. The van der Waals surface area contributed by atoms with E-state index in [1.807, 2.05) is 0 Å². The van der Waals surface area contributed by atoms with Crippen LogP contribution in [-0.4, -0.2) is 49.3 Å². The lowest BCUT2D eigenvalue weighted by Gasteiger charge is -2.36. The summed E-state index contributed by atoms with van der Waals surface area (Å²) in [5.74, 6) is 0.0321. The topological polar surface area (TPSA) is 52.7 Å². The SMILES string of the molecule is CC(=O)c1ccc(NC(=O)CCN2CCN(c3ccccc3C)CC2)cc1.